The molecule has 2 amide bonds. The molecule has 1 aromatic heterocycles. The lowest BCUT2D eigenvalue weighted by Crippen LogP contribution is -2.51. The molecule has 2 aliphatic carbocycles. The SMILES string of the molecule is C[C@H]1CC[C@H](N(C(=O)Nc2ncc(S(=O)(=O)O)s2)C2CCCCC2)CC1. The summed E-state index contributed by atoms with van der Waals surface area (Å²) in [7, 11) is -4.29. The van der Waals surface area contributed by atoms with E-state index in [9.17, 15) is 13.2 Å². The average Bonchev–Trinajstić information content (AvgIpc) is 3.07. The van der Waals surface area contributed by atoms with E-state index >= 15 is 0 Å². The van der Waals surface area contributed by atoms with Crippen LogP contribution in [-0.2, 0) is 10.1 Å². The maximum atomic E-state index is 13.0. The molecule has 0 saturated heterocycles. The molecule has 1 heterocycles. The van der Waals surface area contributed by atoms with Crippen LogP contribution in [-0.4, -0.2) is 41.0 Å². The number of nitrogens with zero attached hydrogens (tertiary/aromatic N) is 2. The van der Waals surface area contributed by atoms with E-state index in [4.69, 9.17) is 4.55 Å². The van der Waals surface area contributed by atoms with Crippen molar-refractivity contribution in [1.29, 1.82) is 0 Å². The molecule has 1 aromatic rings. The molecule has 0 bridgehead atoms. The van der Waals surface area contributed by atoms with Crippen LogP contribution in [0.5, 0.6) is 0 Å². The van der Waals surface area contributed by atoms with Crippen LogP contribution in [0.2, 0.25) is 0 Å². The molecule has 2 aliphatic rings. The molecule has 3 rings (SSSR count). The third kappa shape index (κ3) is 4.75. The highest BCUT2D eigenvalue weighted by Crippen LogP contribution is 2.33. The number of urea groups is 1. The molecule has 0 atom stereocenters. The summed E-state index contributed by atoms with van der Waals surface area (Å²) in [5.41, 5.74) is 0. The molecular formula is C17H27N3O4S2. The zero-order valence-electron chi connectivity index (χ0n) is 15.1. The number of anilines is 1. The van der Waals surface area contributed by atoms with E-state index in [1.165, 1.54) is 6.42 Å². The number of amides is 2. The summed E-state index contributed by atoms with van der Waals surface area (Å²) < 4.78 is 31.2. The van der Waals surface area contributed by atoms with Gasteiger partial charge in [-0.25, -0.2) is 9.78 Å². The summed E-state index contributed by atoms with van der Waals surface area (Å²) in [4.78, 5) is 18.9. The van der Waals surface area contributed by atoms with Gasteiger partial charge in [0.1, 0.15) is 0 Å². The van der Waals surface area contributed by atoms with Crippen LogP contribution in [0.4, 0.5) is 9.93 Å². The highest BCUT2D eigenvalue weighted by Gasteiger charge is 2.34. The summed E-state index contributed by atoms with van der Waals surface area (Å²) in [5, 5.41) is 2.96. The predicted molar refractivity (Wildman–Crippen MR) is 101 cm³/mol. The van der Waals surface area contributed by atoms with Crippen molar-refractivity contribution in [2.45, 2.75) is 81.0 Å². The minimum Gasteiger partial charge on any atom is -0.319 e. The normalized spacial score (nSPS) is 25.0. The van der Waals surface area contributed by atoms with Crippen LogP contribution < -0.4 is 5.32 Å². The van der Waals surface area contributed by atoms with Crippen LogP contribution in [0.15, 0.2) is 10.4 Å². The topological polar surface area (TPSA) is 99.6 Å². The molecule has 146 valence electrons. The molecule has 9 heteroatoms. The van der Waals surface area contributed by atoms with Crippen molar-refractivity contribution in [3.63, 3.8) is 0 Å². The van der Waals surface area contributed by atoms with E-state index in [-0.39, 0.29) is 27.5 Å². The Bertz CT molecular complexity index is 720. The lowest BCUT2D eigenvalue weighted by Gasteiger charge is -2.42. The lowest BCUT2D eigenvalue weighted by molar-refractivity contribution is 0.105. The quantitative estimate of drug-likeness (QED) is 0.739. The van der Waals surface area contributed by atoms with Gasteiger partial charge in [0, 0.05) is 12.1 Å². The van der Waals surface area contributed by atoms with Crippen molar-refractivity contribution in [2.75, 3.05) is 5.32 Å². The summed E-state index contributed by atoms with van der Waals surface area (Å²) in [6, 6.07) is 0.270. The molecule has 0 unspecified atom stereocenters. The third-order valence-electron chi connectivity index (χ3n) is 5.53. The standard InChI is InChI=1S/C17H27N3O4S2/c1-12-7-9-14(10-8-12)20(13-5-3-2-4-6-13)17(21)19-16-18-11-15(25-16)26(22,23)24/h11-14H,2-10H2,1H3,(H,18,19,21)(H,22,23,24)/t12-,14-. The van der Waals surface area contributed by atoms with Gasteiger partial charge < -0.3 is 4.90 Å². The number of hydrogen-bond acceptors (Lipinski definition) is 5. The number of aromatic nitrogens is 1. The number of hydrogen-bond donors (Lipinski definition) is 2. The maximum Gasteiger partial charge on any atom is 0.324 e. The monoisotopic (exact) mass is 401 g/mol. The Morgan fingerprint density at radius 1 is 1.15 bits per heavy atom. The van der Waals surface area contributed by atoms with Gasteiger partial charge in [-0.2, -0.15) is 8.42 Å². The second-order valence-corrected chi connectivity index (χ2v) is 10.2. The fourth-order valence-electron chi connectivity index (χ4n) is 4.10. The van der Waals surface area contributed by atoms with Crippen LogP contribution in [0.1, 0.15) is 64.7 Å². The van der Waals surface area contributed by atoms with E-state index in [1.54, 1.807) is 0 Å². The minimum absolute atomic E-state index is 0.201. The number of carbonyl (C=O) groups is 1. The van der Waals surface area contributed by atoms with Gasteiger partial charge in [0.2, 0.25) is 0 Å². The Balaban J connectivity index is 1.74. The number of carbonyl (C=O) groups excluding carboxylic acids is 1. The van der Waals surface area contributed by atoms with Gasteiger partial charge >= 0.3 is 16.1 Å². The molecule has 7 nitrogen and oxygen atoms in total. The van der Waals surface area contributed by atoms with E-state index in [1.807, 2.05) is 4.90 Å². The predicted octanol–water partition coefficient (Wildman–Crippen LogP) is 4.14. The van der Waals surface area contributed by atoms with Gasteiger partial charge in [-0.1, -0.05) is 37.5 Å². The molecule has 0 aliphatic heterocycles. The molecule has 2 fully saturated rings. The summed E-state index contributed by atoms with van der Waals surface area (Å²) >= 11 is 0.772. The van der Waals surface area contributed by atoms with Crippen molar-refractivity contribution < 1.29 is 17.8 Å². The zero-order chi connectivity index (χ0) is 18.7. The van der Waals surface area contributed by atoms with Crippen molar-refractivity contribution >= 4 is 32.6 Å². The van der Waals surface area contributed by atoms with Gasteiger partial charge in [-0.05, 0) is 44.4 Å². The fraction of sp³-hybridized carbons (Fsp3) is 0.765. The van der Waals surface area contributed by atoms with Crippen LogP contribution >= 0.6 is 11.3 Å². The Hall–Kier alpha value is -1.19. The van der Waals surface area contributed by atoms with E-state index in [0.29, 0.717) is 5.92 Å². The lowest BCUT2D eigenvalue weighted by atomic mass is 9.84. The molecule has 0 radical (unpaired) electrons. The summed E-state index contributed by atoms with van der Waals surface area (Å²) in [6.07, 6.45) is 10.9. The Morgan fingerprint density at radius 3 is 2.35 bits per heavy atom. The summed E-state index contributed by atoms with van der Waals surface area (Å²) in [5.74, 6) is 0.707. The van der Waals surface area contributed by atoms with E-state index in [2.05, 4.69) is 17.2 Å². The van der Waals surface area contributed by atoms with Crippen LogP contribution in [0.25, 0.3) is 0 Å². The molecule has 26 heavy (non-hydrogen) atoms. The second-order valence-electron chi connectivity index (χ2n) is 7.50. The first-order valence-electron chi connectivity index (χ1n) is 9.37. The fourth-order valence-corrected chi connectivity index (χ4v) is 5.49. The molecule has 0 spiro atoms. The molecular weight excluding hydrogens is 374 g/mol. The average molecular weight is 402 g/mol. The molecule has 0 aromatic carbocycles. The van der Waals surface area contributed by atoms with Crippen molar-refractivity contribution in [3.05, 3.63) is 6.20 Å². The van der Waals surface area contributed by atoms with Gasteiger partial charge in [0.05, 0.1) is 6.20 Å². The Morgan fingerprint density at radius 2 is 1.77 bits per heavy atom. The zero-order valence-corrected chi connectivity index (χ0v) is 16.7. The van der Waals surface area contributed by atoms with E-state index < -0.39 is 10.1 Å². The van der Waals surface area contributed by atoms with E-state index in [0.717, 1.165) is 68.9 Å². The maximum absolute atomic E-state index is 13.0. The molecule has 2 N–H and O–H groups in total. The highest BCUT2D eigenvalue weighted by atomic mass is 32.3. The van der Waals surface area contributed by atoms with Crippen LogP contribution in [0.3, 0.4) is 0 Å². The first kappa shape index (κ1) is 19.6. The van der Waals surface area contributed by atoms with Gasteiger partial charge in [-0.3, -0.25) is 9.87 Å². The second kappa shape index (κ2) is 8.22. The largest absolute Gasteiger partial charge is 0.324 e. The smallest absolute Gasteiger partial charge is 0.319 e. The van der Waals surface area contributed by atoms with Crippen molar-refractivity contribution in [3.8, 4) is 0 Å². The Kier molecular flexibility index (Phi) is 6.19. The number of thiazole rings is 1. The van der Waals surface area contributed by atoms with Gasteiger partial charge in [-0.15, -0.1) is 0 Å². The number of rotatable bonds is 4. The highest BCUT2D eigenvalue weighted by molar-refractivity contribution is 7.88. The van der Waals surface area contributed by atoms with Gasteiger partial charge in [0.25, 0.3) is 0 Å². The molecule has 2 saturated carbocycles. The first-order chi connectivity index (χ1) is 12.3. The number of nitrogens with one attached hydrogen (secondary N) is 1. The minimum atomic E-state index is -4.29. The summed E-state index contributed by atoms with van der Waals surface area (Å²) in [6.45, 7) is 2.26. The van der Waals surface area contributed by atoms with Gasteiger partial charge in [0.15, 0.2) is 9.34 Å². The Labute approximate surface area is 158 Å². The third-order valence-corrected chi connectivity index (χ3v) is 7.74. The van der Waals surface area contributed by atoms with Crippen LogP contribution in [0, 0.1) is 5.92 Å². The van der Waals surface area contributed by atoms with Crippen molar-refractivity contribution in [1.82, 2.24) is 9.88 Å². The first-order valence-corrected chi connectivity index (χ1v) is 11.6. The van der Waals surface area contributed by atoms with Crippen molar-refractivity contribution in [2.24, 2.45) is 5.92 Å².